The first-order valence-electron chi connectivity index (χ1n) is 5.96. The lowest BCUT2D eigenvalue weighted by atomic mass is 9.83. The first-order chi connectivity index (χ1) is 8.31. The zero-order valence-corrected chi connectivity index (χ0v) is 9.78. The number of nitrogen functional groups attached to an aromatic ring is 1. The molecule has 2 rings (SSSR count). The SMILES string of the molecule is NNC(=O)c1ccoc1COCCC1CCC1. The minimum atomic E-state index is -0.351. The number of carbonyl (C=O) groups is 1. The molecule has 0 aliphatic heterocycles. The van der Waals surface area contributed by atoms with Gasteiger partial charge in [-0.25, -0.2) is 5.84 Å². The van der Waals surface area contributed by atoms with Gasteiger partial charge in [-0.15, -0.1) is 0 Å². The van der Waals surface area contributed by atoms with Gasteiger partial charge in [-0.2, -0.15) is 0 Å². The topological polar surface area (TPSA) is 77.5 Å². The maximum Gasteiger partial charge on any atom is 0.268 e. The molecular weight excluding hydrogens is 220 g/mol. The van der Waals surface area contributed by atoms with Crippen molar-refractivity contribution in [1.82, 2.24) is 5.43 Å². The van der Waals surface area contributed by atoms with E-state index < -0.39 is 0 Å². The maximum atomic E-state index is 11.3. The Bertz CT molecular complexity index is 372. The van der Waals surface area contributed by atoms with Crippen LogP contribution in [0, 0.1) is 5.92 Å². The summed E-state index contributed by atoms with van der Waals surface area (Å²) in [4.78, 5) is 11.3. The number of rotatable bonds is 6. The molecular formula is C12H18N2O3. The Morgan fingerprint density at radius 1 is 1.59 bits per heavy atom. The number of nitrogens with one attached hydrogen (secondary N) is 1. The van der Waals surface area contributed by atoms with E-state index in [1.54, 1.807) is 6.07 Å². The number of nitrogens with two attached hydrogens (primary N) is 1. The van der Waals surface area contributed by atoms with Crippen molar-refractivity contribution in [1.29, 1.82) is 0 Å². The van der Waals surface area contributed by atoms with Gasteiger partial charge in [0, 0.05) is 6.61 Å². The number of hydrogen-bond acceptors (Lipinski definition) is 4. The molecule has 1 fully saturated rings. The smallest absolute Gasteiger partial charge is 0.268 e. The molecule has 3 N–H and O–H groups in total. The van der Waals surface area contributed by atoms with Gasteiger partial charge in [0.1, 0.15) is 12.4 Å². The molecule has 0 unspecified atom stereocenters. The third-order valence-corrected chi connectivity index (χ3v) is 3.25. The summed E-state index contributed by atoms with van der Waals surface area (Å²) in [5, 5.41) is 0. The quantitative estimate of drug-likeness (QED) is 0.341. The summed E-state index contributed by atoms with van der Waals surface area (Å²) < 4.78 is 10.7. The van der Waals surface area contributed by atoms with Gasteiger partial charge in [-0.3, -0.25) is 10.2 Å². The van der Waals surface area contributed by atoms with E-state index in [9.17, 15) is 4.79 Å². The lowest BCUT2D eigenvalue weighted by Gasteiger charge is -2.24. The monoisotopic (exact) mass is 238 g/mol. The summed E-state index contributed by atoms with van der Waals surface area (Å²) in [7, 11) is 0. The van der Waals surface area contributed by atoms with E-state index in [0.29, 0.717) is 17.9 Å². The van der Waals surface area contributed by atoms with E-state index >= 15 is 0 Å². The van der Waals surface area contributed by atoms with E-state index in [1.807, 2.05) is 0 Å². The van der Waals surface area contributed by atoms with Crippen molar-refractivity contribution in [2.24, 2.45) is 11.8 Å². The largest absolute Gasteiger partial charge is 0.466 e. The minimum absolute atomic E-state index is 0.322. The molecule has 1 heterocycles. The van der Waals surface area contributed by atoms with Crippen LogP contribution in [-0.2, 0) is 11.3 Å². The highest BCUT2D eigenvalue weighted by Gasteiger charge is 2.17. The number of ether oxygens (including phenoxy) is 1. The van der Waals surface area contributed by atoms with E-state index in [1.165, 1.54) is 25.5 Å². The molecule has 17 heavy (non-hydrogen) atoms. The van der Waals surface area contributed by atoms with Crippen LogP contribution in [0.5, 0.6) is 0 Å². The fraction of sp³-hybridized carbons (Fsp3) is 0.583. The third kappa shape index (κ3) is 3.08. The summed E-state index contributed by atoms with van der Waals surface area (Å²) in [6, 6.07) is 1.59. The zero-order chi connectivity index (χ0) is 12.1. The van der Waals surface area contributed by atoms with Crippen molar-refractivity contribution in [3.05, 3.63) is 23.7 Å². The van der Waals surface area contributed by atoms with Crippen LogP contribution in [0.2, 0.25) is 0 Å². The van der Waals surface area contributed by atoms with Crippen molar-refractivity contribution >= 4 is 5.91 Å². The molecule has 0 bridgehead atoms. The summed E-state index contributed by atoms with van der Waals surface area (Å²) >= 11 is 0. The second-order valence-electron chi connectivity index (χ2n) is 4.37. The Morgan fingerprint density at radius 2 is 2.41 bits per heavy atom. The van der Waals surface area contributed by atoms with Gasteiger partial charge in [0.15, 0.2) is 0 Å². The van der Waals surface area contributed by atoms with Crippen LogP contribution < -0.4 is 11.3 Å². The Balaban J connectivity index is 1.74. The second kappa shape index (κ2) is 5.84. The minimum Gasteiger partial charge on any atom is -0.466 e. The molecule has 0 radical (unpaired) electrons. The van der Waals surface area contributed by atoms with Gasteiger partial charge in [0.05, 0.1) is 11.8 Å². The summed E-state index contributed by atoms with van der Waals surface area (Å²) in [5.41, 5.74) is 2.52. The van der Waals surface area contributed by atoms with Gasteiger partial charge >= 0.3 is 0 Å². The summed E-state index contributed by atoms with van der Waals surface area (Å²) in [5.74, 6) is 6.08. The molecule has 0 atom stereocenters. The molecule has 1 aliphatic carbocycles. The fourth-order valence-corrected chi connectivity index (χ4v) is 1.93. The van der Waals surface area contributed by atoms with Crippen LogP contribution in [0.25, 0.3) is 0 Å². The molecule has 5 nitrogen and oxygen atoms in total. The first kappa shape index (κ1) is 12.1. The highest BCUT2D eigenvalue weighted by Crippen LogP contribution is 2.29. The number of hydrogen-bond donors (Lipinski definition) is 2. The van der Waals surface area contributed by atoms with Crippen molar-refractivity contribution < 1.29 is 13.9 Å². The van der Waals surface area contributed by atoms with Gasteiger partial charge in [0.25, 0.3) is 5.91 Å². The number of furan rings is 1. The number of amides is 1. The predicted octanol–water partition coefficient (Wildman–Crippen LogP) is 1.59. The standard InChI is InChI=1S/C12H18N2O3/c13-14-12(15)10-5-7-17-11(10)8-16-6-4-9-2-1-3-9/h5,7,9H,1-4,6,8,13H2,(H,14,15). The predicted molar refractivity (Wildman–Crippen MR) is 62.0 cm³/mol. The van der Waals surface area contributed by atoms with Gasteiger partial charge in [-0.1, -0.05) is 19.3 Å². The van der Waals surface area contributed by atoms with Crippen LogP contribution >= 0.6 is 0 Å². The Labute approximate surface area is 100 Å². The molecule has 94 valence electrons. The summed E-state index contributed by atoms with van der Waals surface area (Å²) in [6.07, 6.45) is 6.56. The molecule has 5 heteroatoms. The van der Waals surface area contributed by atoms with E-state index in [0.717, 1.165) is 18.9 Å². The molecule has 0 spiro atoms. The second-order valence-corrected chi connectivity index (χ2v) is 4.37. The molecule has 0 saturated heterocycles. The number of hydrazine groups is 1. The van der Waals surface area contributed by atoms with Crippen LogP contribution in [-0.4, -0.2) is 12.5 Å². The van der Waals surface area contributed by atoms with Crippen LogP contribution in [0.15, 0.2) is 16.7 Å². The van der Waals surface area contributed by atoms with Crippen molar-refractivity contribution in [3.63, 3.8) is 0 Å². The molecule has 0 aromatic carbocycles. The average Bonchev–Trinajstić information content (AvgIpc) is 2.73. The highest BCUT2D eigenvalue weighted by atomic mass is 16.5. The highest BCUT2D eigenvalue weighted by molar-refractivity contribution is 5.94. The van der Waals surface area contributed by atoms with Crippen molar-refractivity contribution in [2.45, 2.75) is 32.3 Å². The zero-order valence-electron chi connectivity index (χ0n) is 9.78. The Kier molecular flexibility index (Phi) is 4.17. The third-order valence-electron chi connectivity index (χ3n) is 3.25. The van der Waals surface area contributed by atoms with E-state index in [4.69, 9.17) is 15.0 Å². The first-order valence-corrected chi connectivity index (χ1v) is 5.96. The van der Waals surface area contributed by atoms with Crippen molar-refractivity contribution in [2.75, 3.05) is 6.61 Å². The van der Waals surface area contributed by atoms with Gasteiger partial charge in [-0.05, 0) is 18.4 Å². The molecule has 1 aromatic heterocycles. The van der Waals surface area contributed by atoms with Crippen LogP contribution in [0.3, 0.4) is 0 Å². The lowest BCUT2D eigenvalue weighted by molar-refractivity contribution is 0.0807. The van der Waals surface area contributed by atoms with Crippen molar-refractivity contribution in [3.8, 4) is 0 Å². The van der Waals surface area contributed by atoms with E-state index in [-0.39, 0.29) is 5.91 Å². The van der Waals surface area contributed by atoms with Crippen LogP contribution in [0.4, 0.5) is 0 Å². The number of carbonyl (C=O) groups excluding carboxylic acids is 1. The Hall–Kier alpha value is -1.33. The fourth-order valence-electron chi connectivity index (χ4n) is 1.93. The lowest BCUT2D eigenvalue weighted by Crippen LogP contribution is -2.30. The van der Waals surface area contributed by atoms with E-state index in [2.05, 4.69) is 5.43 Å². The average molecular weight is 238 g/mol. The normalized spacial score (nSPS) is 15.6. The van der Waals surface area contributed by atoms with Gasteiger partial charge < -0.3 is 9.15 Å². The Morgan fingerprint density at radius 3 is 3.06 bits per heavy atom. The molecule has 1 aliphatic rings. The van der Waals surface area contributed by atoms with Crippen LogP contribution in [0.1, 0.15) is 41.8 Å². The maximum absolute atomic E-state index is 11.3. The molecule has 1 aromatic rings. The van der Waals surface area contributed by atoms with Gasteiger partial charge in [0.2, 0.25) is 0 Å². The summed E-state index contributed by atoms with van der Waals surface area (Å²) in [6.45, 7) is 1.04. The molecule has 1 saturated carbocycles. The molecule has 1 amide bonds.